The number of carbonyl (C=O) groups is 2. The van der Waals surface area contributed by atoms with E-state index < -0.39 is 17.8 Å². The lowest BCUT2D eigenvalue weighted by atomic mass is 10.1. The van der Waals surface area contributed by atoms with Gasteiger partial charge in [0.15, 0.2) is 0 Å². The quantitative estimate of drug-likeness (QED) is 0.668. The van der Waals surface area contributed by atoms with E-state index in [1.165, 1.54) is 0 Å². The van der Waals surface area contributed by atoms with Gasteiger partial charge in [-0.05, 0) is 6.42 Å². The molecule has 0 radical (unpaired) electrons. The summed E-state index contributed by atoms with van der Waals surface area (Å²) >= 11 is 0. The van der Waals surface area contributed by atoms with Crippen LogP contribution in [0.15, 0.2) is 0 Å². The molecule has 4 heteroatoms. The average molecular weight is 175 g/mol. The van der Waals surface area contributed by atoms with E-state index in [-0.39, 0.29) is 6.42 Å². The number of carboxylic acids is 1. The highest BCUT2D eigenvalue weighted by Gasteiger charge is 2.10. The fourth-order valence-corrected chi connectivity index (χ4v) is 0.482. The van der Waals surface area contributed by atoms with Crippen LogP contribution in [-0.4, -0.2) is 17.0 Å². The number of hydrogen-bond donors (Lipinski definition) is 2. The van der Waals surface area contributed by atoms with Crippen molar-refractivity contribution in [1.29, 1.82) is 0 Å². The second-order valence-corrected chi connectivity index (χ2v) is 2.24. The van der Waals surface area contributed by atoms with Gasteiger partial charge in [0.25, 0.3) is 0 Å². The smallest absolute Gasteiger partial charge is 0.306 e. The molecule has 0 bridgehead atoms. The number of hydrogen-bond acceptors (Lipinski definition) is 2. The van der Waals surface area contributed by atoms with Gasteiger partial charge >= 0.3 is 5.97 Å². The Bertz CT molecular complexity index is 145. The van der Waals surface area contributed by atoms with Crippen LogP contribution in [0.5, 0.6) is 0 Å². The van der Waals surface area contributed by atoms with Crippen molar-refractivity contribution >= 4 is 11.9 Å². The maximum absolute atomic E-state index is 10.2. The number of rotatable bonds is 4. The third-order valence-electron chi connectivity index (χ3n) is 1.25. The molecule has 0 saturated carbocycles. The Morgan fingerprint density at radius 1 is 1.42 bits per heavy atom. The Kier molecular flexibility index (Phi) is 9.06. The third-order valence-corrected chi connectivity index (χ3v) is 1.25. The molecule has 0 aliphatic carbocycles. The summed E-state index contributed by atoms with van der Waals surface area (Å²) in [6.07, 6.45) is 0.470. The lowest BCUT2D eigenvalue weighted by Gasteiger charge is -2.01. The maximum atomic E-state index is 10.2. The lowest BCUT2D eigenvalue weighted by molar-refractivity contribution is -0.141. The third kappa shape index (κ3) is 8.94. The first-order chi connectivity index (χ1) is 5.54. The van der Waals surface area contributed by atoms with Crippen molar-refractivity contribution in [2.24, 2.45) is 11.7 Å². The van der Waals surface area contributed by atoms with Crippen molar-refractivity contribution in [3.8, 4) is 0 Å². The normalized spacial score (nSPS) is 10.9. The number of amides is 1. The van der Waals surface area contributed by atoms with E-state index in [0.29, 0.717) is 6.42 Å². The Morgan fingerprint density at radius 2 is 1.83 bits per heavy atom. The van der Waals surface area contributed by atoms with Gasteiger partial charge in [0.1, 0.15) is 0 Å². The molecule has 72 valence electrons. The molecule has 1 unspecified atom stereocenters. The van der Waals surface area contributed by atoms with Crippen LogP contribution in [0.4, 0.5) is 0 Å². The first-order valence-corrected chi connectivity index (χ1v) is 4.05. The van der Waals surface area contributed by atoms with Gasteiger partial charge in [0.05, 0.1) is 5.92 Å². The highest BCUT2D eigenvalue weighted by molar-refractivity contribution is 5.75. The number of nitrogens with two attached hydrogens (primary N) is 1. The fraction of sp³-hybridized carbons (Fsp3) is 0.750. The SMILES string of the molecule is CC.CC(CCC(N)=O)C(=O)O. The van der Waals surface area contributed by atoms with E-state index in [2.05, 4.69) is 0 Å². The molecule has 12 heavy (non-hydrogen) atoms. The molecule has 1 atom stereocenters. The molecule has 0 spiro atoms. The van der Waals surface area contributed by atoms with Gasteiger partial charge < -0.3 is 10.8 Å². The summed E-state index contributed by atoms with van der Waals surface area (Å²) in [6, 6.07) is 0. The lowest BCUT2D eigenvalue weighted by Crippen LogP contribution is -2.15. The molecule has 0 aliphatic heterocycles. The summed E-state index contributed by atoms with van der Waals surface area (Å²) in [7, 11) is 0. The van der Waals surface area contributed by atoms with E-state index in [1.807, 2.05) is 13.8 Å². The van der Waals surface area contributed by atoms with Gasteiger partial charge in [0.2, 0.25) is 5.91 Å². The summed E-state index contributed by atoms with van der Waals surface area (Å²) < 4.78 is 0. The zero-order chi connectivity index (χ0) is 10.1. The molecular formula is C8H17NO3. The molecule has 1 amide bonds. The molecular weight excluding hydrogens is 158 g/mol. The molecule has 0 fully saturated rings. The number of carbonyl (C=O) groups excluding carboxylic acids is 1. The molecule has 4 nitrogen and oxygen atoms in total. The molecule has 0 rings (SSSR count). The van der Waals surface area contributed by atoms with Crippen LogP contribution in [0.25, 0.3) is 0 Å². The molecule has 0 aliphatic rings. The van der Waals surface area contributed by atoms with E-state index in [4.69, 9.17) is 10.8 Å². The maximum Gasteiger partial charge on any atom is 0.306 e. The topological polar surface area (TPSA) is 80.4 Å². The Hall–Kier alpha value is -1.06. The Balaban J connectivity index is 0. The van der Waals surface area contributed by atoms with Gasteiger partial charge in [-0.15, -0.1) is 0 Å². The van der Waals surface area contributed by atoms with Gasteiger partial charge in [-0.25, -0.2) is 0 Å². The van der Waals surface area contributed by atoms with E-state index in [1.54, 1.807) is 6.92 Å². The van der Waals surface area contributed by atoms with Crippen molar-refractivity contribution in [3.05, 3.63) is 0 Å². The highest BCUT2D eigenvalue weighted by Crippen LogP contribution is 2.03. The summed E-state index contributed by atoms with van der Waals surface area (Å²) in [5.41, 5.74) is 4.81. The Labute approximate surface area is 72.8 Å². The zero-order valence-electron chi connectivity index (χ0n) is 7.83. The predicted molar refractivity (Wildman–Crippen MR) is 46.6 cm³/mol. The van der Waals surface area contributed by atoms with Crippen LogP contribution >= 0.6 is 0 Å². The number of primary amides is 1. The zero-order valence-corrected chi connectivity index (χ0v) is 7.83. The van der Waals surface area contributed by atoms with Crippen LogP contribution in [0.1, 0.15) is 33.6 Å². The van der Waals surface area contributed by atoms with Crippen molar-refractivity contribution in [2.75, 3.05) is 0 Å². The summed E-state index contributed by atoms with van der Waals surface area (Å²) in [4.78, 5) is 20.3. The highest BCUT2D eigenvalue weighted by atomic mass is 16.4. The van der Waals surface area contributed by atoms with Gasteiger partial charge in [-0.2, -0.15) is 0 Å². The minimum Gasteiger partial charge on any atom is -0.481 e. The predicted octanol–water partition coefficient (Wildman–Crippen LogP) is 0.999. The largest absolute Gasteiger partial charge is 0.481 e. The number of aliphatic carboxylic acids is 1. The van der Waals surface area contributed by atoms with E-state index in [9.17, 15) is 9.59 Å². The van der Waals surface area contributed by atoms with Crippen molar-refractivity contribution < 1.29 is 14.7 Å². The first-order valence-electron chi connectivity index (χ1n) is 4.05. The van der Waals surface area contributed by atoms with Crippen LogP contribution in [0.3, 0.4) is 0 Å². The molecule has 3 N–H and O–H groups in total. The molecule has 0 aromatic carbocycles. The molecule has 0 heterocycles. The second-order valence-electron chi connectivity index (χ2n) is 2.24. The summed E-state index contributed by atoms with van der Waals surface area (Å²) in [6.45, 7) is 5.55. The van der Waals surface area contributed by atoms with Crippen LogP contribution < -0.4 is 5.73 Å². The van der Waals surface area contributed by atoms with E-state index in [0.717, 1.165) is 0 Å². The van der Waals surface area contributed by atoms with Gasteiger partial charge in [-0.1, -0.05) is 20.8 Å². The first kappa shape index (κ1) is 13.5. The Morgan fingerprint density at radius 3 is 2.08 bits per heavy atom. The van der Waals surface area contributed by atoms with Crippen LogP contribution in [0, 0.1) is 5.92 Å². The van der Waals surface area contributed by atoms with Crippen LogP contribution in [-0.2, 0) is 9.59 Å². The fourth-order valence-electron chi connectivity index (χ4n) is 0.482. The van der Waals surface area contributed by atoms with Crippen LogP contribution in [0.2, 0.25) is 0 Å². The minimum absolute atomic E-state index is 0.146. The van der Waals surface area contributed by atoms with E-state index >= 15 is 0 Å². The summed E-state index contributed by atoms with van der Waals surface area (Å²) in [5.74, 6) is -1.82. The van der Waals surface area contributed by atoms with Crippen molar-refractivity contribution in [3.63, 3.8) is 0 Å². The second kappa shape index (κ2) is 8.04. The number of carboxylic acid groups (broad SMARTS) is 1. The van der Waals surface area contributed by atoms with Crippen molar-refractivity contribution in [2.45, 2.75) is 33.6 Å². The standard InChI is InChI=1S/C6H11NO3.C2H6/c1-4(6(9)10)2-3-5(7)8;1-2/h4H,2-3H2,1H3,(H2,7,8)(H,9,10);1-2H3. The monoisotopic (exact) mass is 175 g/mol. The van der Waals surface area contributed by atoms with Crippen molar-refractivity contribution in [1.82, 2.24) is 0 Å². The van der Waals surface area contributed by atoms with Gasteiger partial charge in [0, 0.05) is 6.42 Å². The average Bonchev–Trinajstić information content (AvgIpc) is 2.03. The molecule has 0 saturated heterocycles. The summed E-state index contributed by atoms with van der Waals surface area (Å²) in [5, 5.41) is 8.34. The minimum atomic E-state index is -0.888. The van der Waals surface area contributed by atoms with Gasteiger partial charge in [-0.3, -0.25) is 9.59 Å². The molecule has 0 aromatic heterocycles. The molecule has 0 aromatic rings.